The number of likely N-dealkylation sites (N-methyl/N-ethyl adjacent to an activating group) is 1. The number of H-pyrrole nitrogens is 1. The molecule has 0 radical (unpaired) electrons. The Morgan fingerprint density at radius 1 is 0.959 bits per heavy atom. The third-order valence-electron chi connectivity index (χ3n) is 9.93. The first-order valence-corrected chi connectivity index (χ1v) is 17.1. The summed E-state index contributed by atoms with van der Waals surface area (Å²) in [5.41, 5.74) is 3.36. The normalized spacial score (nSPS) is 19.3. The van der Waals surface area contributed by atoms with E-state index in [0.717, 1.165) is 22.9 Å². The molecule has 2 aliphatic heterocycles. The number of amides is 4. The molecule has 2 fully saturated rings. The molecule has 11 heteroatoms. The number of ether oxygens (including phenoxy) is 1. The number of hydrogen-bond acceptors (Lipinski definition) is 5. The van der Waals surface area contributed by atoms with Crippen LogP contribution in [-0.2, 0) is 27.2 Å². The van der Waals surface area contributed by atoms with Gasteiger partial charge < -0.3 is 30.2 Å². The van der Waals surface area contributed by atoms with E-state index in [2.05, 4.69) is 15.6 Å². The fraction of sp³-hybridized carbons (Fsp3) is 0.368. The van der Waals surface area contributed by atoms with Crippen molar-refractivity contribution in [2.45, 2.75) is 31.7 Å². The fourth-order valence-electron chi connectivity index (χ4n) is 7.32. The standard InChI is InChI=1S/C38H42ClN5O5/c1-40-37(47)33(13-6-10-24-8-4-3-5-9-24)42-36(46)32-23-43(35(45)17-26-19-41-34-18-28(39)14-15-30(26)34)20-27-21-44(22-31(27)32)38(48)25-11-7-12-29(16-25)49-2/h3-5,7-9,11-12,14-16,18-19,27,31-33,41H,6,10,13,17,20-23H2,1-2H3,(H,40,47)(H,42,46)/t27?,31?,32?,33-/m0/s1. The molecule has 3 heterocycles. The summed E-state index contributed by atoms with van der Waals surface area (Å²) in [5.74, 6) is -1.09. The number of aromatic amines is 1. The number of piperidine rings is 1. The number of rotatable bonds is 11. The van der Waals surface area contributed by atoms with E-state index < -0.39 is 12.0 Å². The van der Waals surface area contributed by atoms with Crippen LogP contribution in [-0.4, -0.2) is 84.8 Å². The number of nitrogens with one attached hydrogen (secondary N) is 3. The maximum absolute atomic E-state index is 14.2. The Morgan fingerprint density at radius 3 is 2.53 bits per heavy atom. The van der Waals surface area contributed by atoms with Gasteiger partial charge >= 0.3 is 0 Å². The van der Waals surface area contributed by atoms with Gasteiger partial charge in [0.15, 0.2) is 0 Å². The van der Waals surface area contributed by atoms with Gasteiger partial charge in [0.1, 0.15) is 11.8 Å². The van der Waals surface area contributed by atoms with Crippen molar-refractivity contribution in [3.05, 3.63) is 101 Å². The molecule has 6 rings (SSSR count). The maximum Gasteiger partial charge on any atom is 0.254 e. The number of carbonyl (C=O) groups is 4. The van der Waals surface area contributed by atoms with Gasteiger partial charge in [-0.1, -0.05) is 54.1 Å². The lowest BCUT2D eigenvalue weighted by atomic mass is 9.79. The summed E-state index contributed by atoms with van der Waals surface area (Å²) in [6.07, 6.45) is 3.93. The van der Waals surface area contributed by atoms with Gasteiger partial charge in [0.25, 0.3) is 5.91 Å². The largest absolute Gasteiger partial charge is 0.497 e. The van der Waals surface area contributed by atoms with Gasteiger partial charge in [-0.15, -0.1) is 0 Å². The SMILES string of the molecule is CNC(=O)[C@H](CCCc1ccccc1)NC(=O)C1CN(C(=O)Cc2c[nH]c3cc(Cl)ccc23)CC2CN(C(=O)c3cccc(OC)c3)CC21. The number of benzene rings is 3. The van der Waals surface area contributed by atoms with Crippen LogP contribution < -0.4 is 15.4 Å². The Balaban J connectivity index is 1.21. The summed E-state index contributed by atoms with van der Waals surface area (Å²) in [5, 5.41) is 7.25. The number of methoxy groups -OCH3 is 1. The lowest BCUT2D eigenvalue weighted by Gasteiger charge is -2.40. The highest BCUT2D eigenvalue weighted by atomic mass is 35.5. The minimum Gasteiger partial charge on any atom is -0.497 e. The summed E-state index contributed by atoms with van der Waals surface area (Å²) < 4.78 is 5.34. The first kappa shape index (κ1) is 34.0. The number of carbonyl (C=O) groups excluding carboxylic acids is 4. The second-order valence-corrected chi connectivity index (χ2v) is 13.4. The van der Waals surface area contributed by atoms with Crippen LogP contribution in [0.25, 0.3) is 10.9 Å². The molecule has 3 aromatic carbocycles. The molecule has 4 aromatic rings. The van der Waals surface area contributed by atoms with Crippen molar-refractivity contribution in [2.24, 2.45) is 17.8 Å². The number of nitrogens with zero attached hydrogens (tertiary/aromatic N) is 2. The molecule has 0 aliphatic carbocycles. The molecule has 0 spiro atoms. The molecule has 0 saturated carbocycles. The topological polar surface area (TPSA) is 124 Å². The molecule has 3 unspecified atom stereocenters. The van der Waals surface area contributed by atoms with Crippen molar-refractivity contribution in [1.82, 2.24) is 25.4 Å². The summed E-state index contributed by atoms with van der Waals surface area (Å²) >= 11 is 6.17. The Labute approximate surface area is 291 Å². The van der Waals surface area contributed by atoms with E-state index in [1.807, 2.05) is 48.7 Å². The van der Waals surface area contributed by atoms with Gasteiger partial charge in [-0.25, -0.2) is 0 Å². The van der Waals surface area contributed by atoms with Crippen LogP contribution in [0.3, 0.4) is 0 Å². The van der Waals surface area contributed by atoms with Gasteiger partial charge in [-0.3, -0.25) is 19.2 Å². The van der Waals surface area contributed by atoms with Crippen LogP contribution >= 0.6 is 11.6 Å². The average Bonchev–Trinajstić information content (AvgIpc) is 3.74. The zero-order valence-electron chi connectivity index (χ0n) is 27.8. The highest BCUT2D eigenvalue weighted by Crippen LogP contribution is 2.37. The number of aryl methyl sites for hydroxylation is 1. The molecule has 1 aromatic heterocycles. The summed E-state index contributed by atoms with van der Waals surface area (Å²) in [7, 11) is 3.12. The maximum atomic E-state index is 14.2. The predicted molar refractivity (Wildman–Crippen MR) is 188 cm³/mol. The Bertz CT molecular complexity index is 1830. The number of halogens is 1. The van der Waals surface area contributed by atoms with Crippen LogP contribution in [0, 0.1) is 17.8 Å². The van der Waals surface area contributed by atoms with Crippen molar-refractivity contribution in [2.75, 3.05) is 40.3 Å². The molecule has 10 nitrogen and oxygen atoms in total. The summed E-state index contributed by atoms with van der Waals surface area (Å²) in [6.45, 7) is 1.42. The van der Waals surface area contributed by atoms with Gasteiger partial charge in [-0.2, -0.15) is 0 Å². The van der Waals surface area contributed by atoms with Crippen molar-refractivity contribution >= 4 is 46.1 Å². The van der Waals surface area contributed by atoms with Crippen LogP contribution in [0.1, 0.15) is 34.3 Å². The molecule has 3 N–H and O–H groups in total. The second kappa shape index (κ2) is 15.2. The van der Waals surface area contributed by atoms with E-state index in [-0.39, 0.29) is 48.4 Å². The van der Waals surface area contributed by atoms with E-state index in [9.17, 15) is 19.2 Å². The molecule has 0 bridgehead atoms. The van der Waals surface area contributed by atoms with Crippen LogP contribution in [0.15, 0.2) is 79.0 Å². The number of aromatic nitrogens is 1. The lowest BCUT2D eigenvalue weighted by Crippen LogP contribution is -2.56. The average molecular weight is 684 g/mol. The van der Waals surface area contributed by atoms with E-state index in [1.165, 1.54) is 5.56 Å². The smallest absolute Gasteiger partial charge is 0.254 e. The fourth-order valence-corrected chi connectivity index (χ4v) is 7.49. The van der Waals surface area contributed by atoms with Crippen molar-refractivity contribution in [3.63, 3.8) is 0 Å². The molecule has 4 amide bonds. The van der Waals surface area contributed by atoms with E-state index in [4.69, 9.17) is 16.3 Å². The van der Waals surface area contributed by atoms with E-state index >= 15 is 0 Å². The van der Waals surface area contributed by atoms with Crippen molar-refractivity contribution in [3.8, 4) is 5.75 Å². The van der Waals surface area contributed by atoms with Crippen LogP contribution in [0.5, 0.6) is 5.75 Å². The van der Waals surface area contributed by atoms with Crippen molar-refractivity contribution < 1.29 is 23.9 Å². The Kier molecular flexibility index (Phi) is 10.5. The first-order chi connectivity index (χ1) is 23.7. The van der Waals surface area contributed by atoms with Crippen LogP contribution in [0.2, 0.25) is 5.02 Å². The third kappa shape index (κ3) is 7.75. The number of fused-ring (bicyclic) bond motifs is 2. The molecular formula is C38H42ClN5O5. The Morgan fingerprint density at radius 2 is 1.76 bits per heavy atom. The van der Waals surface area contributed by atoms with Gasteiger partial charge in [-0.05, 0) is 72.6 Å². The number of hydrogen-bond donors (Lipinski definition) is 3. The highest BCUT2D eigenvalue weighted by molar-refractivity contribution is 6.31. The highest BCUT2D eigenvalue weighted by Gasteiger charge is 2.48. The summed E-state index contributed by atoms with van der Waals surface area (Å²) in [4.78, 5) is 61.4. The Hall–Kier alpha value is -4.83. The molecule has 4 atom stereocenters. The van der Waals surface area contributed by atoms with Gasteiger partial charge in [0.2, 0.25) is 17.7 Å². The second-order valence-electron chi connectivity index (χ2n) is 13.0. The van der Waals surface area contributed by atoms with Gasteiger partial charge in [0.05, 0.1) is 19.4 Å². The molecule has 2 saturated heterocycles. The predicted octanol–water partition coefficient (Wildman–Crippen LogP) is 4.47. The van der Waals surface area contributed by atoms with Crippen molar-refractivity contribution in [1.29, 1.82) is 0 Å². The minimum absolute atomic E-state index is 0.101. The van der Waals surface area contributed by atoms with E-state index in [1.54, 1.807) is 54.3 Å². The molecular weight excluding hydrogens is 642 g/mol. The zero-order valence-corrected chi connectivity index (χ0v) is 28.5. The minimum atomic E-state index is -0.722. The molecule has 256 valence electrons. The first-order valence-electron chi connectivity index (χ1n) is 16.8. The van der Waals surface area contributed by atoms with Gasteiger partial charge in [0, 0.05) is 60.9 Å². The molecule has 49 heavy (non-hydrogen) atoms. The monoisotopic (exact) mass is 683 g/mol. The number of likely N-dealkylation sites (tertiary alicyclic amines) is 2. The zero-order chi connectivity index (χ0) is 34.5. The summed E-state index contributed by atoms with van der Waals surface area (Å²) in [6, 6.07) is 21.9. The quantitative estimate of drug-likeness (QED) is 0.215. The molecule has 2 aliphatic rings. The third-order valence-corrected chi connectivity index (χ3v) is 10.2. The van der Waals surface area contributed by atoms with Crippen LogP contribution in [0.4, 0.5) is 0 Å². The van der Waals surface area contributed by atoms with E-state index in [0.29, 0.717) is 48.8 Å². The lowest BCUT2D eigenvalue weighted by molar-refractivity contribution is -0.140.